The van der Waals surface area contributed by atoms with Crippen molar-refractivity contribution in [1.82, 2.24) is 9.55 Å². The Labute approximate surface area is 98.2 Å². The van der Waals surface area contributed by atoms with Crippen molar-refractivity contribution in [2.45, 2.75) is 13.5 Å². The minimum absolute atomic E-state index is 0.913. The third-order valence-corrected chi connectivity index (χ3v) is 3.50. The van der Waals surface area contributed by atoms with Gasteiger partial charge in [0.15, 0.2) is 0 Å². The van der Waals surface area contributed by atoms with Crippen LogP contribution in [-0.2, 0) is 6.54 Å². The van der Waals surface area contributed by atoms with Crippen LogP contribution in [0.15, 0.2) is 41.1 Å². The van der Waals surface area contributed by atoms with Crippen LogP contribution >= 0.6 is 11.3 Å². The Morgan fingerprint density at radius 1 is 1.25 bits per heavy atom. The predicted molar refractivity (Wildman–Crippen MR) is 67.9 cm³/mol. The van der Waals surface area contributed by atoms with Gasteiger partial charge < -0.3 is 4.57 Å². The Morgan fingerprint density at radius 3 is 2.94 bits per heavy atom. The molecule has 1 aromatic carbocycles. The zero-order chi connectivity index (χ0) is 11.0. The molecule has 3 heteroatoms. The van der Waals surface area contributed by atoms with Crippen molar-refractivity contribution in [2.75, 3.05) is 0 Å². The van der Waals surface area contributed by atoms with Crippen LogP contribution in [0.3, 0.4) is 0 Å². The van der Waals surface area contributed by atoms with E-state index in [1.165, 1.54) is 11.1 Å². The first-order valence-electron chi connectivity index (χ1n) is 5.27. The minimum Gasteiger partial charge on any atom is -0.324 e. The van der Waals surface area contributed by atoms with Gasteiger partial charge in [0.2, 0.25) is 0 Å². The van der Waals surface area contributed by atoms with Gasteiger partial charge in [0, 0.05) is 0 Å². The number of thiophene rings is 1. The van der Waals surface area contributed by atoms with Gasteiger partial charge in [-0.2, -0.15) is 11.3 Å². The van der Waals surface area contributed by atoms with Gasteiger partial charge in [-0.05, 0) is 41.4 Å². The molecule has 0 amide bonds. The molecule has 0 saturated heterocycles. The summed E-state index contributed by atoms with van der Waals surface area (Å²) < 4.78 is 2.26. The Bertz CT molecular complexity index is 608. The van der Waals surface area contributed by atoms with Gasteiger partial charge in [-0.3, -0.25) is 0 Å². The molecule has 0 atom stereocenters. The summed E-state index contributed by atoms with van der Waals surface area (Å²) in [4.78, 5) is 4.56. The van der Waals surface area contributed by atoms with Crippen molar-refractivity contribution in [3.05, 3.63) is 52.5 Å². The first-order chi connectivity index (χ1) is 7.84. The number of benzene rings is 1. The third-order valence-electron chi connectivity index (χ3n) is 2.77. The van der Waals surface area contributed by atoms with Crippen LogP contribution in [0, 0.1) is 6.92 Å². The van der Waals surface area contributed by atoms with Gasteiger partial charge in [0.1, 0.15) is 5.82 Å². The van der Waals surface area contributed by atoms with Crippen molar-refractivity contribution in [3.63, 3.8) is 0 Å². The van der Waals surface area contributed by atoms with Crippen LogP contribution in [0.4, 0.5) is 0 Å². The molecule has 80 valence electrons. The second-order valence-electron chi connectivity index (χ2n) is 3.87. The minimum atomic E-state index is 0.913. The largest absolute Gasteiger partial charge is 0.324 e. The van der Waals surface area contributed by atoms with E-state index in [0.717, 1.165) is 17.9 Å². The summed E-state index contributed by atoms with van der Waals surface area (Å²) in [5.41, 5.74) is 3.64. The molecule has 3 rings (SSSR count). The molecule has 0 aliphatic carbocycles. The molecule has 0 N–H and O–H groups in total. The number of hydrogen-bond donors (Lipinski definition) is 0. The van der Waals surface area contributed by atoms with Crippen molar-refractivity contribution >= 4 is 22.4 Å². The fourth-order valence-corrected chi connectivity index (χ4v) is 2.62. The molecular weight excluding hydrogens is 216 g/mol. The Kier molecular flexibility index (Phi) is 2.26. The van der Waals surface area contributed by atoms with Gasteiger partial charge in [0.25, 0.3) is 0 Å². The lowest BCUT2D eigenvalue weighted by Gasteiger charge is -2.04. The smallest absolute Gasteiger partial charge is 0.107 e. The lowest BCUT2D eigenvalue weighted by Crippen LogP contribution is -2.00. The molecule has 0 aliphatic heterocycles. The fraction of sp³-hybridized carbons (Fsp3) is 0.154. The summed E-state index contributed by atoms with van der Waals surface area (Å²) in [7, 11) is 0. The van der Waals surface area contributed by atoms with E-state index in [0.29, 0.717) is 0 Å². The van der Waals surface area contributed by atoms with E-state index in [1.807, 2.05) is 6.07 Å². The lowest BCUT2D eigenvalue weighted by atomic mass is 10.3. The molecule has 0 saturated carbocycles. The first-order valence-corrected chi connectivity index (χ1v) is 6.22. The molecule has 16 heavy (non-hydrogen) atoms. The van der Waals surface area contributed by atoms with Gasteiger partial charge in [-0.1, -0.05) is 12.1 Å². The highest BCUT2D eigenvalue weighted by Crippen LogP contribution is 2.18. The van der Waals surface area contributed by atoms with Crippen LogP contribution in [0.1, 0.15) is 11.4 Å². The van der Waals surface area contributed by atoms with Gasteiger partial charge >= 0.3 is 0 Å². The van der Waals surface area contributed by atoms with Crippen molar-refractivity contribution < 1.29 is 0 Å². The summed E-state index contributed by atoms with van der Waals surface area (Å²) in [6, 6.07) is 10.4. The quantitative estimate of drug-likeness (QED) is 0.657. The molecule has 2 aromatic heterocycles. The van der Waals surface area contributed by atoms with E-state index in [1.54, 1.807) is 11.3 Å². The normalized spacial score (nSPS) is 11.1. The van der Waals surface area contributed by atoms with E-state index >= 15 is 0 Å². The summed E-state index contributed by atoms with van der Waals surface area (Å²) in [5, 5.41) is 4.30. The topological polar surface area (TPSA) is 17.8 Å². The molecule has 2 heterocycles. The Hall–Kier alpha value is -1.61. The number of hydrogen-bond acceptors (Lipinski definition) is 2. The maximum absolute atomic E-state index is 4.56. The van der Waals surface area contributed by atoms with E-state index in [9.17, 15) is 0 Å². The summed E-state index contributed by atoms with van der Waals surface area (Å²) >= 11 is 1.74. The Morgan fingerprint density at radius 2 is 2.12 bits per heavy atom. The molecule has 0 fully saturated rings. The molecule has 0 spiro atoms. The number of aryl methyl sites for hydroxylation is 1. The van der Waals surface area contributed by atoms with E-state index < -0.39 is 0 Å². The summed E-state index contributed by atoms with van der Waals surface area (Å²) in [6.45, 7) is 2.97. The standard InChI is InChI=1S/C13H12N2S/c1-10-14-12-4-2-3-5-13(12)15(10)8-11-6-7-16-9-11/h2-7,9H,8H2,1H3. The first kappa shape index (κ1) is 9.60. The van der Waals surface area contributed by atoms with Crippen LogP contribution in [-0.4, -0.2) is 9.55 Å². The highest BCUT2D eigenvalue weighted by molar-refractivity contribution is 7.07. The van der Waals surface area contributed by atoms with Crippen molar-refractivity contribution in [3.8, 4) is 0 Å². The highest BCUT2D eigenvalue weighted by Gasteiger charge is 2.06. The highest BCUT2D eigenvalue weighted by atomic mass is 32.1. The van der Waals surface area contributed by atoms with E-state index in [-0.39, 0.29) is 0 Å². The number of aromatic nitrogens is 2. The van der Waals surface area contributed by atoms with Crippen LogP contribution in [0.25, 0.3) is 11.0 Å². The van der Waals surface area contributed by atoms with Gasteiger partial charge in [0.05, 0.1) is 17.6 Å². The van der Waals surface area contributed by atoms with E-state index in [2.05, 4.69) is 51.5 Å². The molecule has 0 aliphatic rings. The molecule has 0 radical (unpaired) electrons. The lowest BCUT2D eigenvalue weighted by molar-refractivity contribution is 0.788. The number of nitrogens with zero attached hydrogens (tertiary/aromatic N) is 2. The monoisotopic (exact) mass is 228 g/mol. The van der Waals surface area contributed by atoms with Gasteiger partial charge in [-0.15, -0.1) is 0 Å². The molecule has 3 aromatic rings. The zero-order valence-corrected chi connectivity index (χ0v) is 9.87. The van der Waals surface area contributed by atoms with Crippen LogP contribution < -0.4 is 0 Å². The molecule has 0 bridgehead atoms. The number of rotatable bonds is 2. The van der Waals surface area contributed by atoms with Crippen molar-refractivity contribution in [2.24, 2.45) is 0 Å². The van der Waals surface area contributed by atoms with E-state index in [4.69, 9.17) is 0 Å². The molecule has 2 nitrogen and oxygen atoms in total. The maximum Gasteiger partial charge on any atom is 0.107 e. The van der Waals surface area contributed by atoms with Crippen LogP contribution in [0.5, 0.6) is 0 Å². The zero-order valence-electron chi connectivity index (χ0n) is 9.05. The average molecular weight is 228 g/mol. The third kappa shape index (κ3) is 1.53. The Balaban J connectivity index is 2.12. The summed E-state index contributed by atoms with van der Waals surface area (Å²) in [6.07, 6.45) is 0. The molecular formula is C13H12N2S. The van der Waals surface area contributed by atoms with Crippen LogP contribution in [0.2, 0.25) is 0 Å². The fourth-order valence-electron chi connectivity index (χ4n) is 1.96. The second-order valence-corrected chi connectivity index (χ2v) is 4.65. The average Bonchev–Trinajstić information content (AvgIpc) is 2.89. The maximum atomic E-state index is 4.56. The van der Waals surface area contributed by atoms with Gasteiger partial charge in [-0.25, -0.2) is 4.98 Å². The second kappa shape index (κ2) is 3.76. The number of fused-ring (bicyclic) bond motifs is 1. The van der Waals surface area contributed by atoms with Crippen molar-refractivity contribution in [1.29, 1.82) is 0 Å². The molecule has 0 unspecified atom stereocenters. The predicted octanol–water partition coefficient (Wildman–Crippen LogP) is 3.45. The summed E-state index contributed by atoms with van der Waals surface area (Å²) in [5.74, 6) is 1.08. The number of para-hydroxylation sites is 2. The number of imidazole rings is 1. The SMILES string of the molecule is Cc1nc2ccccc2n1Cc1ccsc1.